The molecule has 7 heteroatoms. The van der Waals surface area contributed by atoms with E-state index < -0.39 is 18.0 Å². The van der Waals surface area contributed by atoms with Crippen molar-refractivity contribution in [2.75, 3.05) is 11.1 Å². The zero-order valence-corrected chi connectivity index (χ0v) is 13.7. The Bertz CT molecular complexity index is 856. The summed E-state index contributed by atoms with van der Waals surface area (Å²) in [7, 11) is 0. The fraction of sp³-hybridized carbons (Fsp3) is 0.118. The van der Waals surface area contributed by atoms with Crippen molar-refractivity contribution in [3.8, 4) is 0 Å². The first-order valence-electron chi connectivity index (χ1n) is 7.26. The van der Waals surface area contributed by atoms with E-state index in [1.54, 1.807) is 24.3 Å². The van der Waals surface area contributed by atoms with Gasteiger partial charge in [-0.05, 0) is 43.3 Å². The Morgan fingerprint density at radius 1 is 1.17 bits per heavy atom. The van der Waals surface area contributed by atoms with Crippen LogP contribution in [0.3, 0.4) is 0 Å². The zero-order chi connectivity index (χ0) is 17.1. The highest BCUT2D eigenvalue weighted by Crippen LogP contribution is 2.25. The number of carbonyl (C=O) groups is 2. The largest absolute Gasteiger partial charge is 0.449 e. The van der Waals surface area contributed by atoms with Crippen LogP contribution in [0.5, 0.6) is 0 Å². The molecule has 24 heavy (non-hydrogen) atoms. The average Bonchev–Trinajstić information content (AvgIpc) is 2.97. The number of amides is 1. The van der Waals surface area contributed by atoms with Crippen LogP contribution < -0.4 is 11.1 Å². The van der Waals surface area contributed by atoms with Crippen LogP contribution in [0.25, 0.3) is 10.2 Å². The number of nitrogens with zero attached hydrogens (tertiary/aromatic N) is 1. The number of nitrogens with two attached hydrogens (primary N) is 1. The summed E-state index contributed by atoms with van der Waals surface area (Å²) in [6.45, 7) is 1.51. The number of hydrogen-bond donors (Lipinski definition) is 2. The van der Waals surface area contributed by atoms with Gasteiger partial charge in [0.2, 0.25) is 0 Å². The van der Waals surface area contributed by atoms with Crippen molar-refractivity contribution in [3.05, 3.63) is 54.1 Å². The van der Waals surface area contributed by atoms with Crippen molar-refractivity contribution in [2.45, 2.75) is 13.0 Å². The second-order valence-electron chi connectivity index (χ2n) is 5.15. The van der Waals surface area contributed by atoms with E-state index in [1.165, 1.54) is 18.3 Å². The molecule has 1 unspecified atom stereocenters. The number of carbonyl (C=O) groups excluding carboxylic acids is 2. The van der Waals surface area contributed by atoms with Crippen LogP contribution in [0.15, 0.2) is 48.5 Å². The Labute approximate surface area is 142 Å². The van der Waals surface area contributed by atoms with Crippen LogP contribution in [0, 0.1) is 0 Å². The first-order valence-corrected chi connectivity index (χ1v) is 8.07. The van der Waals surface area contributed by atoms with Crippen LogP contribution in [-0.2, 0) is 9.53 Å². The molecule has 0 saturated heterocycles. The maximum atomic E-state index is 12.2. The normalized spacial score (nSPS) is 11.9. The molecule has 0 saturated carbocycles. The number of nitrogen functional groups attached to an aromatic ring is 1. The number of fused-ring (bicyclic) bond motifs is 1. The molecule has 0 radical (unpaired) electrons. The summed E-state index contributed by atoms with van der Waals surface area (Å²) in [6, 6.07) is 13.9. The standard InChI is InChI=1S/C17H15N3O3S/c1-10(23-16(22)11-6-8-12(18)9-7-11)15(21)20-17-19-13-4-2-3-5-14(13)24-17/h2-10H,18H2,1H3,(H,19,20,21). The lowest BCUT2D eigenvalue weighted by Gasteiger charge is -2.12. The number of anilines is 2. The maximum Gasteiger partial charge on any atom is 0.338 e. The fourth-order valence-electron chi connectivity index (χ4n) is 2.03. The third-order valence-electron chi connectivity index (χ3n) is 3.32. The number of esters is 1. The number of thiazole rings is 1. The summed E-state index contributed by atoms with van der Waals surface area (Å²) >= 11 is 1.36. The molecule has 2 aromatic carbocycles. The van der Waals surface area contributed by atoms with Crippen molar-refractivity contribution in [1.82, 2.24) is 4.98 Å². The second-order valence-corrected chi connectivity index (χ2v) is 6.18. The van der Waals surface area contributed by atoms with Gasteiger partial charge >= 0.3 is 5.97 Å². The van der Waals surface area contributed by atoms with Gasteiger partial charge in [-0.25, -0.2) is 9.78 Å². The summed E-state index contributed by atoms with van der Waals surface area (Å²) in [5.74, 6) is -1.01. The second kappa shape index (κ2) is 6.67. The van der Waals surface area contributed by atoms with E-state index in [9.17, 15) is 9.59 Å². The van der Waals surface area contributed by atoms with Crippen LogP contribution >= 0.6 is 11.3 Å². The van der Waals surface area contributed by atoms with Crippen LogP contribution in [0.4, 0.5) is 10.8 Å². The number of para-hydroxylation sites is 1. The molecule has 122 valence electrons. The van der Waals surface area contributed by atoms with Crippen molar-refractivity contribution in [3.63, 3.8) is 0 Å². The third-order valence-corrected chi connectivity index (χ3v) is 4.28. The molecule has 1 heterocycles. The minimum atomic E-state index is -0.943. The van der Waals surface area contributed by atoms with E-state index in [2.05, 4.69) is 10.3 Å². The van der Waals surface area contributed by atoms with E-state index >= 15 is 0 Å². The smallest absolute Gasteiger partial charge is 0.338 e. The van der Waals surface area contributed by atoms with Crippen molar-refractivity contribution in [2.24, 2.45) is 0 Å². The van der Waals surface area contributed by atoms with E-state index in [-0.39, 0.29) is 0 Å². The molecular formula is C17H15N3O3S. The molecule has 0 aliphatic heterocycles. The molecule has 1 aromatic heterocycles. The van der Waals surface area contributed by atoms with Crippen molar-refractivity contribution < 1.29 is 14.3 Å². The highest BCUT2D eigenvalue weighted by molar-refractivity contribution is 7.22. The van der Waals surface area contributed by atoms with Crippen LogP contribution in [-0.4, -0.2) is 23.0 Å². The minimum Gasteiger partial charge on any atom is -0.449 e. The number of nitrogens with one attached hydrogen (secondary N) is 1. The van der Waals surface area contributed by atoms with Crippen molar-refractivity contribution in [1.29, 1.82) is 0 Å². The lowest BCUT2D eigenvalue weighted by atomic mass is 10.2. The van der Waals surface area contributed by atoms with Gasteiger partial charge in [-0.2, -0.15) is 0 Å². The molecule has 3 N–H and O–H groups in total. The maximum absolute atomic E-state index is 12.2. The summed E-state index contributed by atoms with van der Waals surface area (Å²) in [5.41, 5.74) is 7.27. The van der Waals surface area contributed by atoms with Gasteiger partial charge in [0.15, 0.2) is 11.2 Å². The molecule has 0 spiro atoms. The van der Waals surface area contributed by atoms with Gasteiger partial charge in [-0.3, -0.25) is 10.1 Å². The molecule has 0 aliphatic carbocycles. The molecule has 1 amide bonds. The molecule has 0 aliphatic rings. The lowest BCUT2D eigenvalue weighted by Crippen LogP contribution is -2.29. The highest BCUT2D eigenvalue weighted by Gasteiger charge is 2.20. The third kappa shape index (κ3) is 3.52. The van der Waals surface area contributed by atoms with Gasteiger partial charge in [0.05, 0.1) is 15.8 Å². The lowest BCUT2D eigenvalue weighted by molar-refractivity contribution is -0.123. The highest BCUT2D eigenvalue weighted by atomic mass is 32.1. The molecule has 6 nitrogen and oxygen atoms in total. The first-order chi connectivity index (χ1) is 11.5. The minimum absolute atomic E-state index is 0.337. The quantitative estimate of drug-likeness (QED) is 0.562. The number of ether oxygens (including phenoxy) is 1. The van der Waals surface area contributed by atoms with E-state index in [0.29, 0.717) is 16.4 Å². The van der Waals surface area contributed by atoms with Crippen LogP contribution in [0.2, 0.25) is 0 Å². The Hall–Kier alpha value is -2.93. The monoisotopic (exact) mass is 341 g/mol. The van der Waals surface area contributed by atoms with Gasteiger partial charge < -0.3 is 10.5 Å². The van der Waals surface area contributed by atoms with Gasteiger partial charge in [0, 0.05) is 5.69 Å². The van der Waals surface area contributed by atoms with Gasteiger partial charge in [-0.15, -0.1) is 0 Å². The van der Waals surface area contributed by atoms with E-state index in [4.69, 9.17) is 10.5 Å². The molecule has 0 bridgehead atoms. The van der Waals surface area contributed by atoms with E-state index in [0.717, 1.165) is 10.2 Å². The summed E-state index contributed by atoms with van der Waals surface area (Å²) in [5, 5.41) is 3.14. The van der Waals surface area contributed by atoms with Gasteiger partial charge in [0.25, 0.3) is 5.91 Å². The number of benzene rings is 2. The molecule has 3 rings (SSSR count). The number of aromatic nitrogens is 1. The summed E-state index contributed by atoms with van der Waals surface area (Å²) < 4.78 is 6.14. The SMILES string of the molecule is CC(OC(=O)c1ccc(N)cc1)C(=O)Nc1nc2ccccc2s1. The summed E-state index contributed by atoms with van der Waals surface area (Å²) in [6.07, 6.45) is -0.943. The molecular weight excluding hydrogens is 326 g/mol. The van der Waals surface area contributed by atoms with Gasteiger partial charge in [-0.1, -0.05) is 23.5 Å². The zero-order valence-electron chi connectivity index (χ0n) is 12.9. The topological polar surface area (TPSA) is 94.3 Å². The average molecular weight is 341 g/mol. The summed E-state index contributed by atoms with van der Waals surface area (Å²) in [4.78, 5) is 28.5. The Balaban J connectivity index is 1.63. The predicted molar refractivity (Wildman–Crippen MR) is 94.0 cm³/mol. The Morgan fingerprint density at radius 3 is 2.58 bits per heavy atom. The van der Waals surface area contributed by atoms with E-state index in [1.807, 2.05) is 24.3 Å². The Morgan fingerprint density at radius 2 is 1.88 bits per heavy atom. The van der Waals surface area contributed by atoms with Crippen LogP contribution in [0.1, 0.15) is 17.3 Å². The molecule has 3 aromatic rings. The van der Waals surface area contributed by atoms with Gasteiger partial charge in [0.1, 0.15) is 0 Å². The number of rotatable bonds is 4. The van der Waals surface area contributed by atoms with Crippen molar-refractivity contribution >= 4 is 44.2 Å². The Kier molecular flexibility index (Phi) is 4.43. The predicted octanol–water partition coefficient (Wildman–Crippen LogP) is 3.06. The first kappa shape index (κ1) is 15.9. The number of hydrogen-bond acceptors (Lipinski definition) is 6. The molecule has 0 fully saturated rings. The fourth-order valence-corrected chi connectivity index (χ4v) is 2.90. The molecule has 1 atom stereocenters.